The fraction of sp³-hybridized carbons (Fsp3) is 0.900. The lowest BCUT2D eigenvalue weighted by Gasteiger charge is -2.36. The van der Waals surface area contributed by atoms with Crippen LogP contribution in [0.2, 0.25) is 0 Å². The van der Waals surface area contributed by atoms with Crippen LogP contribution in [0.15, 0.2) is 12.2 Å². The molecule has 0 rings (SSSR count). The molecule has 0 amide bonds. The first-order valence-electron chi connectivity index (χ1n) is 20.6. The Bertz CT molecular complexity index is 908. The maximum Gasteiger partial charge on any atom is 0.470 e. The maximum atomic E-state index is 12.9. The summed E-state index contributed by atoms with van der Waals surface area (Å²) >= 11 is 0. The van der Waals surface area contributed by atoms with Crippen LogP contribution in [0.5, 0.6) is 0 Å². The molecule has 0 aliphatic heterocycles. The van der Waals surface area contributed by atoms with Crippen molar-refractivity contribution in [3.8, 4) is 0 Å². The van der Waals surface area contributed by atoms with Gasteiger partial charge in [0, 0.05) is 25.7 Å². The number of ketones is 2. The summed E-state index contributed by atoms with van der Waals surface area (Å²) in [7, 11) is -5.27. The molecular weight excluding hydrogens is 671 g/mol. The van der Waals surface area contributed by atoms with E-state index >= 15 is 0 Å². The Morgan fingerprint density at radius 3 is 1.33 bits per heavy atom. The molecule has 0 bridgehead atoms. The fourth-order valence-corrected chi connectivity index (χ4v) is 7.36. The summed E-state index contributed by atoms with van der Waals surface area (Å²) in [5.41, 5.74) is -2.52. The van der Waals surface area contributed by atoms with Gasteiger partial charge in [-0.3, -0.25) is 14.1 Å². The van der Waals surface area contributed by atoms with E-state index in [-0.39, 0.29) is 6.42 Å². The van der Waals surface area contributed by atoms with Gasteiger partial charge in [-0.2, -0.15) is 0 Å². The van der Waals surface area contributed by atoms with Crippen molar-refractivity contribution < 1.29 is 48.9 Å². The van der Waals surface area contributed by atoms with Gasteiger partial charge in [0.2, 0.25) is 0 Å². The minimum Gasteiger partial charge on any atom is -0.394 e. The average molecular weight is 749 g/mol. The molecular formula is C40H77O10P. The largest absolute Gasteiger partial charge is 0.470 e. The van der Waals surface area contributed by atoms with Gasteiger partial charge in [-0.25, -0.2) is 4.57 Å². The van der Waals surface area contributed by atoms with Crippen molar-refractivity contribution in [2.45, 2.75) is 217 Å². The molecule has 0 fully saturated rings. The Morgan fingerprint density at radius 1 is 0.588 bits per heavy atom. The number of phosphoric ester groups is 1. The fourth-order valence-electron chi connectivity index (χ4n) is 6.64. The van der Waals surface area contributed by atoms with E-state index in [1.807, 2.05) is 0 Å². The zero-order valence-corrected chi connectivity index (χ0v) is 33.1. The van der Waals surface area contributed by atoms with E-state index < -0.39 is 51.0 Å². The highest BCUT2D eigenvalue weighted by Crippen LogP contribution is 2.45. The Labute approximate surface area is 310 Å². The van der Waals surface area contributed by atoms with Crippen LogP contribution >= 0.6 is 7.82 Å². The molecule has 51 heavy (non-hydrogen) atoms. The van der Waals surface area contributed by atoms with Crippen molar-refractivity contribution in [3.63, 3.8) is 0 Å². The Hall–Kier alpha value is -0.970. The van der Waals surface area contributed by atoms with Crippen molar-refractivity contribution in [3.05, 3.63) is 12.2 Å². The summed E-state index contributed by atoms with van der Waals surface area (Å²) in [4.78, 5) is 43.7. The molecule has 0 aromatic heterocycles. The van der Waals surface area contributed by atoms with Gasteiger partial charge < -0.3 is 30.2 Å². The second-order valence-electron chi connectivity index (χ2n) is 14.6. The van der Waals surface area contributed by atoms with Crippen LogP contribution < -0.4 is 0 Å². The SMILES string of the molecule is CCCCCCCCCCCCCCCC(=O)CCCCCCCC/C=C\CCCCCCCC(=O)C(CC(O)CO)(OP(=O)(O)O)C(O)CO. The molecule has 0 spiro atoms. The molecule has 0 aliphatic carbocycles. The lowest BCUT2D eigenvalue weighted by Crippen LogP contribution is -2.55. The number of allylic oxidation sites excluding steroid dienone is 2. The van der Waals surface area contributed by atoms with E-state index in [0.717, 1.165) is 64.2 Å². The van der Waals surface area contributed by atoms with Crippen LogP contribution in [0.1, 0.15) is 200 Å². The second-order valence-corrected chi connectivity index (χ2v) is 15.8. The van der Waals surface area contributed by atoms with Crippen LogP contribution in [0.25, 0.3) is 0 Å². The van der Waals surface area contributed by atoms with Crippen LogP contribution in [0, 0.1) is 0 Å². The number of carbonyl (C=O) groups excluding carboxylic acids is 2. The van der Waals surface area contributed by atoms with E-state index in [2.05, 4.69) is 23.6 Å². The number of aliphatic hydroxyl groups excluding tert-OH is 4. The molecule has 0 radical (unpaired) electrons. The molecule has 0 aromatic rings. The number of aliphatic hydroxyl groups is 4. The number of rotatable bonds is 39. The molecule has 3 unspecified atom stereocenters. The van der Waals surface area contributed by atoms with Gasteiger partial charge in [-0.15, -0.1) is 0 Å². The monoisotopic (exact) mass is 749 g/mol. The summed E-state index contributed by atoms with van der Waals surface area (Å²) in [5.74, 6) is -0.393. The minimum absolute atomic E-state index is 0.160. The highest BCUT2D eigenvalue weighted by atomic mass is 31.2. The molecule has 0 aliphatic rings. The van der Waals surface area contributed by atoms with Crippen molar-refractivity contribution in [1.29, 1.82) is 0 Å². The Kier molecular flexibility index (Phi) is 32.9. The zero-order chi connectivity index (χ0) is 38.1. The van der Waals surface area contributed by atoms with Gasteiger partial charge in [0.1, 0.15) is 11.9 Å². The molecule has 6 N–H and O–H groups in total. The topological polar surface area (TPSA) is 182 Å². The van der Waals surface area contributed by atoms with Crippen molar-refractivity contribution >= 4 is 19.4 Å². The third-order valence-corrected chi connectivity index (χ3v) is 10.4. The average Bonchev–Trinajstić information content (AvgIpc) is 3.09. The molecule has 0 heterocycles. The number of hydrogen-bond donors (Lipinski definition) is 6. The summed E-state index contributed by atoms with van der Waals surface area (Å²) in [5, 5.41) is 38.6. The summed E-state index contributed by atoms with van der Waals surface area (Å²) in [6.07, 6.45) is 31.8. The van der Waals surface area contributed by atoms with Crippen LogP contribution in [-0.2, 0) is 18.7 Å². The van der Waals surface area contributed by atoms with Crippen LogP contribution in [0.4, 0.5) is 0 Å². The highest BCUT2D eigenvalue weighted by Gasteiger charge is 2.50. The van der Waals surface area contributed by atoms with Crippen molar-refractivity contribution in [1.82, 2.24) is 0 Å². The van der Waals surface area contributed by atoms with Gasteiger partial charge in [0.05, 0.1) is 19.3 Å². The van der Waals surface area contributed by atoms with Gasteiger partial charge in [-0.05, 0) is 44.9 Å². The normalized spacial score (nSPS) is 14.6. The third kappa shape index (κ3) is 29.1. The second kappa shape index (κ2) is 33.6. The lowest BCUT2D eigenvalue weighted by molar-refractivity contribution is -0.158. The molecule has 10 nitrogen and oxygen atoms in total. The van der Waals surface area contributed by atoms with Crippen molar-refractivity contribution in [2.75, 3.05) is 13.2 Å². The van der Waals surface area contributed by atoms with Crippen LogP contribution in [0.3, 0.4) is 0 Å². The number of Topliss-reactive ketones (excluding diaryl/α,β-unsaturated/α-hetero) is 2. The highest BCUT2D eigenvalue weighted by molar-refractivity contribution is 7.46. The predicted molar refractivity (Wildman–Crippen MR) is 205 cm³/mol. The molecule has 302 valence electrons. The van der Waals surface area contributed by atoms with E-state index in [1.54, 1.807) is 0 Å². The minimum atomic E-state index is -5.27. The molecule has 11 heteroatoms. The Morgan fingerprint density at radius 2 is 0.961 bits per heavy atom. The summed E-state index contributed by atoms with van der Waals surface area (Å²) in [6, 6.07) is 0. The lowest BCUT2D eigenvalue weighted by atomic mass is 9.84. The van der Waals surface area contributed by atoms with Gasteiger partial charge >= 0.3 is 7.82 Å². The zero-order valence-electron chi connectivity index (χ0n) is 32.2. The van der Waals surface area contributed by atoms with Crippen molar-refractivity contribution in [2.24, 2.45) is 0 Å². The Balaban J connectivity index is 3.75. The third-order valence-electron chi connectivity index (χ3n) is 9.79. The van der Waals surface area contributed by atoms with Gasteiger partial charge in [0.25, 0.3) is 0 Å². The first-order valence-corrected chi connectivity index (χ1v) is 22.1. The molecule has 0 saturated heterocycles. The number of unbranched alkanes of at least 4 members (excludes halogenated alkanes) is 23. The van der Waals surface area contributed by atoms with Crippen LogP contribution in [-0.4, -0.2) is 72.8 Å². The molecule has 0 saturated carbocycles. The van der Waals surface area contributed by atoms with Gasteiger partial charge in [0.15, 0.2) is 11.4 Å². The quantitative estimate of drug-likeness (QED) is 0.0202. The first kappa shape index (κ1) is 50.0. The van der Waals surface area contributed by atoms with Gasteiger partial charge in [-0.1, -0.05) is 141 Å². The van der Waals surface area contributed by atoms with E-state index in [9.17, 15) is 39.3 Å². The molecule has 0 aromatic carbocycles. The first-order chi connectivity index (χ1) is 24.5. The summed E-state index contributed by atoms with van der Waals surface area (Å²) < 4.78 is 16.2. The van der Waals surface area contributed by atoms with E-state index in [4.69, 9.17) is 5.11 Å². The van der Waals surface area contributed by atoms with E-state index in [0.29, 0.717) is 18.6 Å². The predicted octanol–water partition coefficient (Wildman–Crippen LogP) is 8.96. The number of phosphoric acid groups is 1. The number of carbonyl (C=O) groups is 2. The van der Waals surface area contributed by atoms with E-state index in [1.165, 1.54) is 103 Å². The number of hydrogen-bond acceptors (Lipinski definition) is 8. The standard InChI is InChI=1S/C40H77O10P/c1-2-3-4-5-6-7-8-12-15-18-21-24-27-30-36(43)31-28-25-22-19-16-13-10-9-11-14-17-20-23-26-29-32-38(45)40(39(46)35-42,33-37(44)34-41)50-51(47,48)49/h9,11,37,39,41-42,44,46H,2-8,10,12-35H2,1H3,(H2,47,48,49)/b11-9-. The maximum absolute atomic E-state index is 12.9. The summed E-state index contributed by atoms with van der Waals surface area (Å²) in [6.45, 7) is 0.443. The smallest absolute Gasteiger partial charge is 0.394 e. The molecule has 3 atom stereocenters.